The number of unbranched alkanes of at least 4 members (excludes halogenated alkanes) is 1. The summed E-state index contributed by atoms with van der Waals surface area (Å²) < 4.78 is 0. The Morgan fingerprint density at radius 3 is 3.24 bits per heavy atom. The molecule has 94 valence electrons. The van der Waals surface area contributed by atoms with Gasteiger partial charge in [0.05, 0.1) is 6.04 Å². The second kappa shape index (κ2) is 5.65. The van der Waals surface area contributed by atoms with Crippen LogP contribution in [0.15, 0.2) is 11.4 Å². The van der Waals surface area contributed by atoms with Crippen molar-refractivity contribution in [2.75, 3.05) is 6.54 Å². The number of carbonyl (C=O) groups is 1. The summed E-state index contributed by atoms with van der Waals surface area (Å²) in [6, 6.07) is 1.81. The highest BCUT2D eigenvalue weighted by Crippen LogP contribution is 2.24. The summed E-state index contributed by atoms with van der Waals surface area (Å²) >= 11 is 1.79. The third-order valence-electron chi connectivity index (χ3n) is 3.31. The predicted octanol–water partition coefficient (Wildman–Crippen LogP) is 2.15. The first-order valence-corrected chi connectivity index (χ1v) is 7.20. The Kier molecular flexibility index (Phi) is 4.18. The number of rotatable bonds is 4. The molecule has 1 amide bonds. The standard InChI is InChI=1S/C13H20N2OS/c1-2-3-4-11(14)13(16)15-7-5-12-10(9-15)6-8-17-12/h6,8,11H,2-5,7,9,14H2,1H3. The molecule has 0 fully saturated rings. The van der Waals surface area contributed by atoms with Gasteiger partial charge in [0.1, 0.15) is 0 Å². The molecular formula is C13H20N2OS. The van der Waals surface area contributed by atoms with E-state index in [1.54, 1.807) is 11.3 Å². The molecule has 0 radical (unpaired) electrons. The number of amides is 1. The van der Waals surface area contributed by atoms with Crippen LogP contribution in [0.25, 0.3) is 0 Å². The van der Waals surface area contributed by atoms with Crippen LogP contribution in [0, 0.1) is 0 Å². The monoisotopic (exact) mass is 252 g/mol. The second-order valence-corrected chi connectivity index (χ2v) is 5.63. The number of nitrogens with zero attached hydrogens (tertiary/aromatic N) is 1. The van der Waals surface area contributed by atoms with E-state index in [1.165, 1.54) is 10.4 Å². The molecular weight excluding hydrogens is 232 g/mol. The van der Waals surface area contributed by atoms with Gasteiger partial charge in [0.15, 0.2) is 0 Å². The van der Waals surface area contributed by atoms with E-state index in [9.17, 15) is 4.79 Å². The van der Waals surface area contributed by atoms with Crippen molar-refractivity contribution in [1.29, 1.82) is 0 Å². The molecule has 1 aromatic heterocycles. The maximum Gasteiger partial charge on any atom is 0.239 e. The van der Waals surface area contributed by atoms with Crippen LogP contribution >= 0.6 is 11.3 Å². The van der Waals surface area contributed by atoms with Crippen LogP contribution in [0.4, 0.5) is 0 Å². The minimum atomic E-state index is -0.310. The lowest BCUT2D eigenvalue weighted by molar-refractivity contribution is -0.133. The van der Waals surface area contributed by atoms with Gasteiger partial charge in [-0.05, 0) is 29.9 Å². The largest absolute Gasteiger partial charge is 0.337 e. The van der Waals surface area contributed by atoms with Crippen molar-refractivity contribution >= 4 is 17.2 Å². The Morgan fingerprint density at radius 2 is 2.47 bits per heavy atom. The van der Waals surface area contributed by atoms with E-state index in [2.05, 4.69) is 18.4 Å². The molecule has 0 spiro atoms. The second-order valence-electron chi connectivity index (χ2n) is 4.63. The normalized spacial score (nSPS) is 16.7. The van der Waals surface area contributed by atoms with E-state index in [0.29, 0.717) is 0 Å². The van der Waals surface area contributed by atoms with Crippen molar-refractivity contribution in [3.8, 4) is 0 Å². The first-order valence-electron chi connectivity index (χ1n) is 6.32. The van der Waals surface area contributed by atoms with E-state index in [1.807, 2.05) is 4.90 Å². The molecule has 0 saturated carbocycles. The van der Waals surface area contributed by atoms with Gasteiger partial charge in [0.25, 0.3) is 0 Å². The number of carbonyl (C=O) groups excluding carboxylic acids is 1. The Bertz CT molecular complexity index is 389. The summed E-state index contributed by atoms with van der Waals surface area (Å²) in [5.41, 5.74) is 7.24. The highest BCUT2D eigenvalue weighted by molar-refractivity contribution is 7.10. The Morgan fingerprint density at radius 1 is 1.65 bits per heavy atom. The molecule has 1 atom stereocenters. The zero-order valence-electron chi connectivity index (χ0n) is 10.3. The number of thiophene rings is 1. The predicted molar refractivity (Wildman–Crippen MR) is 70.9 cm³/mol. The van der Waals surface area contributed by atoms with E-state index in [4.69, 9.17) is 5.73 Å². The molecule has 1 aromatic rings. The zero-order chi connectivity index (χ0) is 12.3. The van der Waals surface area contributed by atoms with Crippen molar-refractivity contribution in [3.63, 3.8) is 0 Å². The fourth-order valence-corrected chi connectivity index (χ4v) is 3.11. The quantitative estimate of drug-likeness (QED) is 0.892. The fourth-order valence-electron chi connectivity index (χ4n) is 2.22. The molecule has 2 rings (SSSR count). The molecule has 0 saturated heterocycles. The summed E-state index contributed by atoms with van der Waals surface area (Å²) in [4.78, 5) is 15.5. The lowest BCUT2D eigenvalue weighted by atomic mass is 10.1. The van der Waals surface area contributed by atoms with Gasteiger partial charge >= 0.3 is 0 Å². The third kappa shape index (κ3) is 2.87. The minimum absolute atomic E-state index is 0.121. The van der Waals surface area contributed by atoms with Crippen LogP contribution in [0.2, 0.25) is 0 Å². The molecule has 1 aliphatic heterocycles. The molecule has 0 aromatic carbocycles. The van der Waals surface area contributed by atoms with E-state index in [-0.39, 0.29) is 11.9 Å². The highest BCUT2D eigenvalue weighted by atomic mass is 32.1. The van der Waals surface area contributed by atoms with Gasteiger partial charge in [-0.1, -0.05) is 19.8 Å². The summed E-state index contributed by atoms with van der Waals surface area (Å²) in [5, 5.41) is 2.11. The molecule has 0 aliphatic carbocycles. The maximum atomic E-state index is 12.1. The van der Waals surface area contributed by atoms with Crippen molar-refractivity contribution in [2.24, 2.45) is 5.73 Å². The van der Waals surface area contributed by atoms with Gasteiger partial charge in [-0.15, -0.1) is 11.3 Å². The number of fused-ring (bicyclic) bond motifs is 1. The van der Waals surface area contributed by atoms with Crippen molar-refractivity contribution in [2.45, 2.75) is 45.2 Å². The lowest BCUT2D eigenvalue weighted by Gasteiger charge is -2.29. The van der Waals surface area contributed by atoms with E-state index in [0.717, 1.165) is 38.8 Å². The van der Waals surface area contributed by atoms with Crippen LogP contribution < -0.4 is 5.73 Å². The molecule has 2 heterocycles. The topological polar surface area (TPSA) is 46.3 Å². The summed E-state index contributed by atoms with van der Waals surface area (Å²) in [5.74, 6) is 0.121. The summed E-state index contributed by atoms with van der Waals surface area (Å²) in [7, 11) is 0. The van der Waals surface area contributed by atoms with Crippen LogP contribution in [-0.2, 0) is 17.8 Å². The van der Waals surface area contributed by atoms with Crippen LogP contribution in [0.5, 0.6) is 0 Å². The zero-order valence-corrected chi connectivity index (χ0v) is 11.1. The lowest BCUT2D eigenvalue weighted by Crippen LogP contribution is -2.45. The summed E-state index contributed by atoms with van der Waals surface area (Å²) in [6.45, 7) is 3.69. The van der Waals surface area contributed by atoms with Gasteiger partial charge in [-0.25, -0.2) is 0 Å². The molecule has 4 heteroatoms. The van der Waals surface area contributed by atoms with Gasteiger partial charge in [0, 0.05) is 18.0 Å². The average molecular weight is 252 g/mol. The Hall–Kier alpha value is -0.870. The van der Waals surface area contributed by atoms with Gasteiger partial charge < -0.3 is 10.6 Å². The number of hydrogen-bond donors (Lipinski definition) is 1. The number of nitrogens with two attached hydrogens (primary N) is 1. The summed E-state index contributed by atoms with van der Waals surface area (Å²) in [6.07, 6.45) is 3.92. The van der Waals surface area contributed by atoms with Crippen LogP contribution in [0.3, 0.4) is 0 Å². The van der Waals surface area contributed by atoms with Crippen molar-refractivity contribution in [1.82, 2.24) is 4.90 Å². The third-order valence-corrected chi connectivity index (χ3v) is 4.33. The fraction of sp³-hybridized carbons (Fsp3) is 0.615. The Labute approximate surface area is 107 Å². The van der Waals surface area contributed by atoms with Gasteiger partial charge in [-0.3, -0.25) is 4.79 Å². The first kappa shape index (κ1) is 12.6. The molecule has 1 unspecified atom stereocenters. The molecule has 17 heavy (non-hydrogen) atoms. The molecule has 3 nitrogen and oxygen atoms in total. The van der Waals surface area contributed by atoms with Gasteiger partial charge in [0.2, 0.25) is 5.91 Å². The first-order chi connectivity index (χ1) is 8.22. The van der Waals surface area contributed by atoms with E-state index >= 15 is 0 Å². The SMILES string of the molecule is CCCCC(N)C(=O)N1CCc2sccc2C1. The molecule has 2 N–H and O–H groups in total. The van der Waals surface area contributed by atoms with Crippen molar-refractivity contribution < 1.29 is 4.79 Å². The Balaban J connectivity index is 1.93. The van der Waals surface area contributed by atoms with E-state index < -0.39 is 0 Å². The van der Waals surface area contributed by atoms with Crippen LogP contribution in [-0.4, -0.2) is 23.4 Å². The average Bonchev–Trinajstić information content (AvgIpc) is 2.81. The molecule has 0 bridgehead atoms. The maximum absolute atomic E-state index is 12.1. The minimum Gasteiger partial charge on any atom is -0.337 e. The number of hydrogen-bond acceptors (Lipinski definition) is 3. The smallest absolute Gasteiger partial charge is 0.239 e. The van der Waals surface area contributed by atoms with Crippen LogP contribution in [0.1, 0.15) is 36.6 Å². The van der Waals surface area contributed by atoms with Gasteiger partial charge in [-0.2, -0.15) is 0 Å². The molecule has 1 aliphatic rings. The van der Waals surface area contributed by atoms with Crippen molar-refractivity contribution in [3.05, 3.63) is 21.9 Å². The highest BCUT2D eigenvalue weighted by Gasteiger charge is 2.24.